The molecule has 20 heavy (non-hydrogen) atoms. The van der Waals surface area contributed by atoms with E-state index in [4.69, 9.17) is 4.52 Å². The van der Waals surface area contributed by atoms with Crippen LogP contribution in [-0.2, 0) is 4.79 Å². The maximum absolute atomic E-state index is 10.7. The Morgan fingerprint density at radius 3 is 2.95 bits per heavy atom. The van der Waals surface area contributed by atoms with Gasteiger partial charge in [0.05, 0.1) is 5.69 Å². The molecule has 0 aromatic carbocycles. The summed E-state index contributed by atoms with van der Waals surface area (Å²) in [6, 6.07) is 2.01. The van der Waals surface area contributed by atoms with Gasteiger partial charge < -0.3 is 14.7 Å². The van der Waals surface area contributed by atoms with E-state index in [1.807, 2.05) is 11.0 Å². The van der Waals surface area contributed by atoms with E-state index in [1.54, 1.807) is 0 Å². The van der Waals surface area contributed by atoms with Crippen molar-refractivity contribution >= 4 is 12.3 Å². The molecule has 2 heterocycles. The molecule has 5 heteroatoms. The van der Waals surface area contributed by atoms with Crippen LogP contribution in [0.25, 0.3) is 0 Å². The van der Waals surface area contributed by atoms with Gasteiger partial charge in [0.25, 0.3) is 0 Å². The van der Waals surface area contributed by atoms with Crippen molar-refractivity contribution in [3.8, 4) is 0 Å². The Labute approximate surface area is 120 Å². The lowest BCUT2D eigenvalue weighted by molar-refractivity contribution is -0.119. The minimum atomic E-state index is 0.417. The van der Waals surface area contributed by atoms with Crippen LogP contribution >= 0.6 is 0 Å². The van der Waals surface area contributed by atoms with Crippen LogP contribution in [0.4, 0.5) is 5.88 Å². The molecule has 0 radical (unpaired) electrons. The number of amides is 1. The van der Waals surface area contributed by atoms with Crippen LogP contribution in [0.2, 0.25) is 0 Å². The van der Waals surface area contributed by atoms with Gasteiger partial charge in [0, 0.05) is 31.6 Å². The number of carbonyl (C=O) groups excluding carboxylic acids is 1. The SMILES string of the molecule is CCC(C)CCNc1cc(C2CCN(C=O)CC2)no1. The van der Waals surface area contributed by atoms with E-state index in [1.165, 1.54) is 6.42 Å². The van der Waals surface area contributed by atoms with Gasteiger partial charge in [-0.25, -0.2) is 0 Å². The molecule has 0 bridgehead atoms. The van der Waals surface area contributed by atoms with E-state index in [2.05, 4.69) is 24.3 Å². The molecule has 0 saturated carbocycles. The van der Waals surface area contributed by atoms with Gasteiger partial charge in [-0.05, 0) is 25.2 Å². The summed E-state index contributed by atoms with van der Waals surface area (Å²) < 4.78 is 5.34. The first-order valence-electron chi connectivity index (χ1n) is 7.62. The monoisotopic (exact) mass is 279 g/mol. The van der Waals surface area contributed by atoms with E-state index >= 15 is 0 Å². The minimum absolute atomic E-state index is 0.417. The van der Waals surface area contributed by atoms with E-state index in [9.17, 15) is 4.79 Å². The van der Waals surface area contributed by atoms with Crippen LogP contribution < -0.4 is 5.32 Å². The van der Waals surface area contributed by atoms with Gasteiger partial charge in [-0.2, -0.15) is 0 Å². The van der Waals surface area contributed by atoms with Crippen LogP contribution in [0.3, 0.4) is 0 Å². The van der Waals surface area contributed by atoms with Crippen molar-refractivity contribution < 1.29 is 9.32 Å². The van der Waals surface area contributed by atoms with Gasteiger partial charge in [-0.3, -0.25) is 4.79 Å². The zero-order valence-corrected chi connectivity index (χ0v) is 12.5. The van der Waals surface area contributed by atoms with E-state index in [-0.39, 0.29) is 0 Å². The molecule has 0 spiro atoms. The molecule has 1 atom stereocenters. The summed E-state index contributed by atoms with van der Waals surface area (Å²) in [7, 11) is 0. The quantitative estimate of drug-likeness (QED) is 0.780. The van der Waals surface area contributed by atoms with E-state index < -0.39 is 0 Å². The predicted molar refractivity (Wildman–Crippen MR) is 78.7 cm³/mol. The maximum atomic E-state index is 10.7. The molecule has 1 fully saturated rings. The Morgan fingerprint density at radius 2 is 2.30 bits per heavy atom. The second-order valence-corrected chi connectivity index (χ2v) is 5.76. The van der Waals surface area contributed by atoms with Crippen molar-refractivity contribution in [2.45, 2.75) is 45.4 Å². The second kappa shape index (κ2) is 7.31. The summed E-state index contributed by atoms with van der Waals surface area (Å²) in [6.45, 7) is 7.03. The number of hydrogen-bond donors (Lipinski definition) is 1. The fraction of sp³-hybridized carbons (Fsp3) is 0.733. The summed E-state index contributed by atoms with van der Waals surface area (Å²) in [6.07, 6.45) is 5.22. The average molecular weight is 279 g/mol. The van der Waals surface area contributed by atoms with Crippen LogP contribution in [0, 0.1) is 5.92 Å². The van der Waals surface area contributed by atoms with Crippen molar-refractivity contribution in [1.82, 2.24) is 10.1 Å². The topological polar surface area (TPSA) is 58.4 Å². The van der Waals surface area contributed by atoms with E-state index in [0.717, 1.165) is 62.8 Å². The number of likely N-dealkylation sites (tertiary alicyclic amines) is 1. The van der Waals surface area contributed by atoms with Gasteiger partial charge in [-0.15, -0.1) is 0 Å². The molecular weight excluding hydrogens is 254 g/mol. The molecule has 2 rings (SSSR count). The smallest absolute Gasteiger partial charge is 0.224 e. The summed E-state index contributed by atoms with van der Waals surface area (Å²) in [5.41, 5.74) is 1.02. The molecule has 1 N–H and O–H groups in total. The van der Waals surface area contributed by atoms with Crippen molar-refractivity contribution in [2.75, 3.05) is 25.0 Å². The first-order valence-corrected chi connectivity index (χ1v) is 7.62. The van der Waals surface area contributed by atoms with Crippen LogP contribution in [0.5, 0.6) is 0 Å². The molecule has 1 aliphatic heterocycles. The van der Waals surface area contributed by atoms with Crippen LogP contribution in [-0.4, -0.2) is 36.1 Å². The van der Waals surface area contributed by atoms with Gasteiger partial charge in [0.15, 0.2) is 0 Å². The van der Waals surface area contributed by atoms with Gasteiger partial charge in [0.1, 0.15) is 0 Å². The lowest BCUT2D eigenvalue weighted by Gasteiger charge is -2.27. The number of hydrogen-bond acceptors (Lipinski definition) is 4. The molecule has 1 saturated heterocycles. The molecule has 1 amide bonds. The molecule has 5 nitrogen and oxygen atoms in total. The van der Waals surface area contributed by atoms with Crippen molar-refractivity contribution in [3.63, 3.8) is 0 Å². The Kier molecular flexibility index (Phi) is 5.44. The number of anilines is 1. The Morgan fingerprint density at radius 1 is 1.55 bits per heavy atom. The first kappa shape index (κ1) is 14.9. The molecule has 1 aliphatic rings. The number of nitrogens with one attached hydrogen (secondary N) is 1. The predicted octanol–water partition coefficient (Wildman–Crippen LogP) is 2.86. The molecule has 0 aliphatic carbocycles. The Balaban J connectivity index is 1.79. The fourth-order valence-corrected chi connectivity index (χ4v) is 2.51. The average Bonchev–Trinajstić information content (AvgIpc) is 2.96. The number of rotatable bonds is 7. The normalized spacial score (nSPS) is 18.0. The highest BCUT2D eigenvalue weighted by Crippen LogP contribution is 2.28. The third-order valence-corrected chi connectivity index (χ3v) is 4.26. The highest BCUT2D eigenvalue weighted by molar-refractivity contribution is 5.47. The number of carbonyl (C=O) groups is 1. The summed E-state index contributed by atoms with van der Waals surface area (Å²) in [5.74, 6) is 1.92. The second-order valence-electron chi connectivity index (χ2n) is 5.76. The minimum Gasteiger partial charge on any atom is -0.354 e. The van der Waals surface area contributed by atoms with Crippen molar-refractivity contribution in [1.29, 1.82) is 0 Å². The third-order valence-electron chi connectivity index (χ3n) is 4.26. The number of piperidine rings is 1. The molecular formula is C15H25N3O2. The molecule has 1 unspecified atom stereocenters. The van der Waals surface area contributed by atoms with Crippen LogP contribution in [0.15, 0.2) is 10.6 Å². The Hall–Kier alpha value is -1.52. The summed E-state index contributed by atoms with van der Waals surface area (Å²) in [4.78, 5) is 12.5. The first-order chi connectivity index (χ1) is 9.72. The lowest BCUT2D eigenvalue weighted by atomic mass is 9.94. The van der Waals surface area contributed by atoms with Crippen LogP contribution in [0.1, 0.15) is 51.1 Å². The Bertz CT molecular complexity index is 411. The number of nitrogens with zero attached hydrogens (tertiary/aromatic N) is 2. The molecule has 1 aromatic rings. The van der Waals surface area contributed by atoms with Gasteiger partial charge in [0.2, 0.25) is 12.3 Å². The van der Waals surface area contributed by atoms with E-state index in [0.29, 0.717) is 5.92 Å². The molecule has 112 valence electrons. The largest absolute Gasteiger partial charge is 0.354 e. The van der Waals surface area contributed by atoms with Gasteiger partial charge >= 0.3 is 0 Å². The standard InChI is InChI=1S/C15H25N3O2/c1-3-12(2)4-7-16-15-10-14(17-20-15)13-5-8-18(11-19)9-6-13/h10-13,16H,3-9H2,1-2H3. The van der Waals surface area contributed by atoms with Crippen molar-refractivity contribution in [2.24, 2.45) is 5.92 Å². The summed E-state index contributed by atoms with van der Waals surface area (Å²) in [5, 5.41) is 7.46. The van der Waals surface area contributed by atoms with Gasteiger partial charge in [-0.1, -0.05) is 25.4 Å². The number of aromatic nitrogens is 1. The van der Waals surface area contributed by atoms with Crippen molar-refractivity contribution in [3.05, 3.63) is 11.8 Å². The maximum Gasteiger partial charge on any atom is 0.224 e. The molecule has 1 aromatic heterocycles. The fourth-order valence-electron chi connectivity index (χ4n) is 2.51. The highest BCUT2D eigenvalue weighted by atomic mass is 16.5. The summed E-state index contributed by atoms with van der Waals surface area (Å²) >= 11 is 0. The highest BCUT2D eigenvalue weighted by Gasteiger charge is 2.22. The zero-order valence-electron chi connectivity index (χ0n) is 12.5. The third kappa shape index (κ3) is 3.99. The zero-order chi connectivity index (χ0) is 14.4. The lowest BCUT2D eigenvalue weighted by Crippen LogP contribution is -2.31.